The van der Waals surface area contributed by atoms with Gasteiger partial charge < -0.3 is 0 Å². The van der Waals surface area contributed by atoms with Crippen molar-refractivity contribution in [1.82, 2.24) is 23.2 Å². The van der Waals surface area contributed by atoms with Crippen LogP contribution in [0.3, 0.4) is 0 Å². The standard InChI is InChI=1S/C14H16ClN5O2S2/c1-9-13(15)10(2)20(17-9)8-4-7-16-24(21,22)12-6-3-5-11-14(12)19-23-18-11/h3,5-6,16H,4,7-8H2,1-2H3. The molecule has 0 aliphatic carbocycles. The number of hydrogen-bond acceptors (Lipinski definition) is 6. The molecule has 3 aromatic rings. The Hall–Kier alpha value is -1.55. The molecule has 128 valence electrons. The highest BCUT2D eigenvalue weighted by Crippen LogP contribution is 2.21. The molecule has 0 saturated carbocycles. The van der Waals surface area contributed by atoms with Crippen molar-refractivity contribution in [2.75, 3.05) is 6.54 Å². The Morgan fingerprint density at radius 2 is 2.08 bits per heavy atom. The number of hydrogen-bond donors (Lipinski definition) is 1. The summed E-state index contributed by atoms with van der Waals surface area (Å²) in [7, 11) is -3.63. The fourth-order valence-corrected chi connectivity index (χ4v) is 4.38. The topological polar surface area (TPSA) is 89.8 Å². The molecule has 2 heterocycles. The average molecular weight is 386 g/mol. The molecule has 3 rings (SSSR count). The van der Waals surface area contributed by atoms with Gasteiger partial charge >= 0.3 is 0 Å². The molecule has 0 amide bonds. The monoisotopic (exact) mass is 385 g/mol. The van der Waals surface area contributed by atoms with Crippen LogP contribution in [-0.2, 0) is 16.6 Å². The molecule has 0 fully saturated rings. The Kier molecular flexibility index (Phi) is 4.86. The molecule has 24 heavy (non-hydrogen) atoms. The maximum absolute atomic E-state index is 12.5. The van der Waals surface area contributed by atoms with Crippen molar-refractivity contribution in [3.63, 3.8) is 0 Å². The number of aryl methyl sites for hydroxylation is 2. The minimum atomic E-state index is -3.63. The van der Waals surface area contributed by atoms with Crippen molar-refractivity contribution in [1.29, 1.82) is 0 Å². The third kappa shape index (κ3) is 3.30. The van der Waals surface area contributed by atoms with Gasteiger partial charge in [-0.05, 0) is 32.4 Å². The Bertz CT molecular complexity index is 980. The van der Waals surface area contributed by atoms with Crippen LogP contribution in [0.4, 0.5) is 0 Å². The second-order valence-corrected chi connectivity index (χ2v) is 7.99. The summed E-state index contributed by atoms with van der Waals surface area (Å²) in [5.41, 5.74) is 2.65. The maximum atomic E-state index is 12.5. The zero-order valence-electron chi connectivity index (χ0n) is 13.2. The van der Waals surface area contributed by atoms with E-state index in [-0.39, 0.29) is 4.90 Å². The van der Waals surface area contributed by atoms with Gasteiger partial charge in [-0.1, -0.05) is 17.7 Å². The minimum absolute atomic E-state index is 0.155. The molecule has 0 atom stereocenters. The highest BCUT2D eigenvalue weighted by Gasteiger charge is 2.19. The predicted molar refractivity (Wildman–Crippen MR) is 93.9 cm³/mol. The van der Waals surface area contributed by atoms with E-state index in [1.54, 1.807) is 16.8 Å². The van der Waals surface area contributed by atoms with Gasteiger partial charge in [-0.15, -0.1) is 0 Å². The van der Waals surface area contributed by atoms with Crippen LogP contribution >= 0.6 is 23.3 Å². The second kappa shape index (κ2) is 6.75. The Balaban J connectivity index is 1.65. The molecule has 10 heteroatoms. The molecular formula is C14H16ClN5O2S2. The number of nitrogens with zero attached hydrogens (tertiary/aromatic N) is 4. The molecule has 0 saturated heterocycles. The number of nitrogens with one attached hydrogen (secondary N) is 1. The molecule has 1 aromatic carbocycles. The van der Waals surface area contributed by atoms with E-state index in [0.717, 1.165) is 23.1 Å². The summed E-state index contributed by atoms with van der Waals surface area (Å²) in [5.74, 6) is 0. The summed E-state index contributed by atoms with van der Waals surface area (Å²) in [5, 5.41) is 4.98. The van der Waals surface area contributed by atoms with Crippen molar-refractivity contribution >= 4 is 44.4 Å². The van der Waals surface area contributed by atoms with Crippen molar-refractivity contribution < 1.29 is 8.42 Å². The molecule has 0 spiro atoms. The van der Waals surface area contributed by atoms with Crippen molar-refractivity contribution in [3.05, 3.63) is 34.6 Å². The van der Waals surface area contributed by atoms with Gasteiger partial charge in [0.2, 0.25) is 10.0 Å². The third-order valence-electron chi connectivity index (χ3n) is 3.67. The Morgan fingerprint density at radius 3 is 2.79 bits per heavy atom. The van der Waals surface area contributed by atoms with E-state index in [1.807, 2.05) is 13.8 Å². The summed E-state index contributed by atoms with van der Waals surface area (Å²) in [6, 6.07) is 4.94. The van der Waals surface area contributed by atoms with E-state index in [2.05, 4.69) is 18.6 Å². The first-order valence-electron chi connectivity index (χ1n) is 7.30. The average Bonchev–Trinajstić information content (AvgIpc) is 3.12. The normalized spacial score (nSPS) is 12.1. The van der Waals surface area contributed by atoms with E-state index >= 15 is 0 Å². The lowest BCUT2D eigenvalue weighted by molar-refractivity contribution is 0.544. The van der Waals surface area contributed by atoms with E-state index < -0.39 is 10.0 Å². The number of halogens is 1. The molecule has 7 nitrogen and oxygen atoms in total. The number of fused-ring (bicyclic) bond motifs is 1. The van der Waals surface area contributed by atoms with Gasteiger partial charge in [0, 0.05) is 13.1 Å². The predicted octanol–water partition coefficient (Wildman–Crippen LogP) is 2.53. The minimum Gasteiger partial charge on any atom is -0.268 e. The van der Waals surface area contributed by atoms with E-state index in [0.29, 0.717) is 35.6 Å². The van der Waals surface area contributed by atoms with Crippen LogP contribution in [0.15, 0.2) is 23.1 Å². The lowest BCUT2D eigenvalue weighted by Crippen LogP contribution is -2.26. The molecule has 0 bridgehead atoms. The summed E-state index contributed by atoms with van der Waals surface area (Å²) in [6.07, 6.45) is 0.600. The highest BCUT2D eigenvalue weighted by atomic mass is 35.5. The van der Waals surface area contributed by atoms with Crippen LogP contribution in [0.1, 0.15) is 17.8 Å². The van der Waals surface area contributed by atoms with E-state index in [4.69, 9.17) is 11.6 Å². The summed E-state index contributed by atoms with van der Waals surface area (Å²) in [6.45, 7) is 4.62. The lowest BCUT2D eigenvalue weighted by Gasteiger charge is -2.08. The molecule has 0 aliphatic heterocycles. The molecule has 0 aliphatic rings. The van der Waals surface area contributed by atoms with Gasteiger partial charge in [0.05, 0.1) is 28.1 Å². The van der Waals surface area contributed by atoms with Gasteiger partial charge in [0.15, 0.2) is 0 Å². The number of benzene rings is 1. The van der Waals surface area contributed by atoms with Crippen LogP contribution < -0.4 is 4.72 Å². The van der Waals surface area contributed by atoms with Gasteiger partial charge in [-0.2, -0.15) is 13.8 Å². The fourth-order valence-electron chi connectivity index (χ4n) is 2.40. The van der Waals surface area contributed by atoms with E-state index in [1.165, 1.54) is 6.07 Å². The van der Waals surface area contributed by atoms with Gasteiger partial charge in [0.25, 0.3) is 0 Å². The summed E-state index contributed by atoms with van der Waals surface area (Å²) < 4.78 is 37.4. The summed E-state index contributed by atoms with van der Waals surface area (Å²) >= 11 is 7.10. The van der Waals surface area contributed by atoms with Crippen LogP contribution in [0.5, 0.6) is 0 Å². The van der Waals surface area contributed by atoms with E-state index in [9.17, 15) is 8.42 Å². The van der Waals surface area contributed by atoms with Crippen LogP contribution in [0, 0.1) is 13.8 Å². The van der Waals surface area contributed by atoms with Crippen LogP contribution in [-0.4, -0.2) is 33.5 Å². The highest BCUT2D eigenvalue weighted by molar-refractivity contribution is 7.89. The Labute approximate surface area is 149 Å². The third-order valence-corrected chi connectivity index (χ3v) is 6.25. The summed E-state index contributed by atoms with van der Waals surface area (Å²) in [4.78, 5) is 0.155. The zero-order valence-corrected chi connectivity index (χ0v) is 15.5. The Morgan fingerprint density at radius 1 is 1.29 bits per heavy atom. The van der Waals surface area contributed by atoms with Crippen molar-refractivity contribution in [2.24, 2.45) is 0 Å². The van der Waals surface area contributed by atoms with Gasteiger partial charge in [-0.25, -0.2) is 13.1 Å². The smallest absolute Gasteiger partial charge is 0.242 e. The molecule has 1 N–H and O–H groups in total. The lowest BCUT2D eigenvalue weighted by atomic mass is 10.3. The van der Waals surface area contributed by atoms with Crippen molar-refractivity contribution in [2.45, 2.75) is 31.7 Å². The first kappa shape index (κ1) is 17.3. The number of aromatic nitrogens is 4. The first-order chi connectivity index (χ1) is 11.4. The second-order valence-electron chi connectivity index (χ2n) is 5.35. The van der Waals surface area contributed by atoms with Crippen LogP contribution in [0.2, 0.25) is 5.02 Å². The van der Waals surface area contributed by atoms with Gasteiger partial charge in [0.1, 0.15) is 15.9 Å². The SMILES string of the molecule is Cc1nn(CCCNS(=O)(=O)c2cccc3nsnc23)c(C)c1Cl. The molecule has 2 aromatic heterocycles. The maximum Gasteiger partial charge on any atom is 0.242 e. The number of sulfonamides is 1. The largest absolute Gasteiger partial charge is 0.268 e. The number of rotatable bonds is 6. The zero-order chi connectivity index (χ0) is 17.3. The molecule has 0 radical (unpaired) electrons. The molecular weight excluding hydrogens is 370 g/mol. The van der Waals surface area contributed by atoms with Gasteiger partial charge in [-0.3, -0.25) is 4.68 Å². The fraction of sp³-hybridized carbons (Fsp3) is 0.357. The van der Waals surface area contributed by atoms with Crippen LogP contribution in [0.25, 0.3) is 11.0 Å². The van der Waals surface area contributed by atoms with Crippen molar-refractivity contribution in [3.8, 4) is 0 Å². The first-order valence-corrected chi connectivity index (χ1v) is 9.90. The molecule has 0 unspecified atom stereocenters. The quantitative estimate of drug-likeness (QED) is 0.658.